The molecule has 0 atom stereocenters. The molecule has 7 aromatic carbocycles. The van der Waals surface area contributed by atoms with E-state index in [1.54, 1.807) is 0 Å². The molecule has 0 spiro atoms. The van der Waals surface area contributed by atoms with Crippen LogP contribution in [0.25, 0.3) is 55.0 Å². The fourth-order valence-electron chi connectivity index (χ4n) is 6.08. The molecule has 0 amide bonds. The van der Waals surface area contributed by atoms with E-state index in [1.807, 2.05) is 18.2 Å². The van der Waals surface area contributed by atoms with Gasteiger partial charge >= 0.3 is 0 Å². The molecular formula is C40H26ClNO. The van der Waals surface area contributed by atoms with Gasteiger partial charge in [-0.15, -0.1) is 0 Å². The van der Waals surface area contributed by atoms with Gasteiger partial charge in [0.2, 0.25) is 0 Å². The Hall–Kier alpha value is -5.31. The molecule has 0 saturated heterocycles. The highest BCUT2D eigenvalue weighted by Gasteiger charge is 2.19. The Labute approximate surface area is 255 Å². The number of hydrogen-bond acceptors (Lipinski definition) is 2. The van der Waals surface area contributed by atoms with E-state index in [0.29, 0.717) is 10.6 Å². The predicted molar refractivity (Wildman–Crippen MR) is 182 cm³/mol. The minimum atomic E-state index is 0.583. The van der Waals surface area contributed by atoms with Gasteiger partial charge in [0.1, 0.15) is 5.58 Å². The number of halogens is 1. The smallest absolute Gasteiger partial charge is 0.154 e. The topological polar surface area (TPSA) is 16.4 Å². The van der Waals surface area contributed by atoms with Gasteiger partial charge < -0.3 is 9.32 Å². The highest BCUT2D eigenvalue weighted by atomic mass is 35.5. The zero-order valence-electron chi connectivity index (χ0n) is 23.2. The lowest BCUT2D eigenvalue weighted by atomic mass is 9.94. The second-order valence-corrected chi connectivity index (χ2v) is 11.1. The summed E-state index contributed by atoms with van der Waals surface area (Å²) in [4.78, 5) is 2.26. The van der Waals surface area contributed by atoms with Crippen LogP contribution in [0, 0.1) is 0 Å². The van der Waals surface area contributed by atoms with Crippen molar-refractivity contribution in [3.05, 3.63) is 163 Å². The fourth-order valence-corrected chi connectivity index (χ4v) is 6.33. The van der Waals surface area contributed by atoms with Crippen LogP contribution < -0.4 is 4.90 Å². The van der Waals surface area contributed by atoms with Crippen molar-refractivity contribution < 1.29 is 4.42 Å². The van der Waals surface area contributed by atoms with Crippen molar-refractivity contribution >= 4 is 61.4 Å². The van der Waals surface area contributed by atoms with Gasteiger partial charge in [0.15, 0.2) is 5.58 Å². The van der Waals surface area contributed by atoms with Crippen LogP contribution in [0.15, 0.2) is 162 Å². The van der Waals surface area contributed by atoms with Gasteiger partial charge in [0.05, 0.1) is 5.02 Å². The average molecular weight is 572 g/mol. The predicted octanol–water partition coefficient (Wildman–Crippen LogP) is 12.2. The third-order valence-electron chi connectivity index (χ3n) is 8.08. The Morgan fingerprint density at radius 3 is 1.81 bits per heavy atom. The molecule has 1 heterocycles. The van der Waals surface area contributed by atoms with Gasteiger partial charge in [0, 0.05) is 27.8 Å². The lowest BCUT2D eigenvalue weighted by Crippen LogP contribution is -2.10. The van der Waals surface area contributed by atoms with E-state index in [4.69, 9.17) is 16.0 Å². The molecule has 43 heavy (non-hydrogen) atoms. The maximum absolute atomic E-state index is 6.98. The average Bonchev–Trinajstić information content (AvgIpc) is 3.43. The van der Waals surface area contributed by atoms with Crippen molar-refractivity contribution in [2.75, 3.05) is 4.90 Å². The molecule has 1 aromatic heterocycles. The number of nitrogens with zero attached hydrogens (tertiary/aromatic N) is 1. The summed E-state index contributed by atoms with van der Waals surface area (Å²) in [6, 6.07) is 55.1. The SMILES string of the molecule is Clc1cc(N(c2ccccc2)c2cccc(-c3ccccc3-c3ccccc3)c2)cc2c1oc1cc3ccccc3cc12. The summed E-state index contributed by atoms with van der Waals surface area (Å²) < 4.78 is 6.32. The summed E-state index contributed by atoms with van der Waals surface area (Å²) >= 11 is 6.98. The van der Waals surface area contributed by atoms with E-state index in [2.05, 4.69) is 144 Å². The maximum Gasteiger partial charge on any atom is 0.154 e. The highest BCUT2D eigenvalue weighted by molar-refractivity contribution is 6.36. The zero-order chi connectivity index (χ0) is 28.8. The molecule has 2 nitrogen and oxygen atoms in total. The number of anilines is 3. The Kier molecular flexibility index (Phi) is 6.21. The number of para-hydroxylation sites is 1. The quantitative estimate of drug-likeness (QED) is 0.204. The Bertz CT molecular complexity index is 2250. The van der Waals surface area contributed by atoms with Crippen LogP contribution in [0.3, 0.4) is 0 Å². The van der Waals surface area contributed by atoms with Gasteiger partial charge in [-0.2, -0.15) is 0 Å². The van der Waals surface area contributed by atoms with Gasteiger partial charge in [-0.05, 0) is 81.6 Å². The van der Waals surface area contributed by atoms with Crippen molar-refractivity contribution in [3.8, 4) is 22.3 Å². The maximum atomic E-state index is 6.98. The first-order valence-corrected chi connectivity index (χ1v) is 14.8. The summed E-state index contributed by atoms with van der Waals surface area (Å²) in [5.74, 6) is 0. The fraction of sp³-hybridized carbons (Fsp3) is 0. The molecule has 0 N–H and O–H groups in total. The first kappa shape index (κ1) is 25.4. The molecular weight excluding hydrogens is 546 g/mol. The lowest BCUT2D eigenvalue weighted by molar-refractivity contribution is 0.669. The summed E-state index contributed by atoms with van der Waals surface area (Å²) in [7, 11) is 0. The van der Waals surface area contributed by atoms with Crippen LogP contribution in [0.5, 0.6) is 0 Å². The van der Waals surface area contributed by atoms with E-state index in [-0.39, 0.29) is 0 Å². The molecule has 0 fully saturated rings. The highest BCUT2D eigenvalue weighted by Crippen LogP contribution is 2.43. The van der Waals surface area contributed by atoms with Crippen molar-refractivity contribution in [2.45, 2.75) is 0 Å². The van der Waals surface area contributed by atoms with E-state index < -0.39 is 0 Å². The summed E-state index contributed by atoms with van der Waals surface area (Å²) in [6.07, 6.45) is 0. The van der Waals surface area contributed by atoms with Crippen LogP contribution in [0.2, 0.25) is 5.02 Å². The molecule has 0 aliphatic rings. The first-order chi connectivity index (χ1) is 21.2. The number of benzene rings is 7. The molecule has 3 heteroatoms. The molecule has 204 valence electrons. The van der Waals surface area contributed by atoms with Crippen molar-refractivity contribution in [1.82, 2.24) is 0 Å². The van der Waals surface area contributed by atoms with Crippen LogP contribution in [0.4, 0.5) is 17.1 Å². The lowest BCUT2D eigenvalue weighted by Gasteiger charge is -2.26. The number of rotatable bonds is 5. The van der Waals surface area contributed by atoms with Gasteiger partial charge in [0.25, 0.3) is 0 Å². The van der Waals surface area contributed by atoms with E-state index in [1.165, 1.54) is 22.1 Å². The van der Waals surface area contributed by atoms with E-state index in [0.717, 1.165) is 44.4 Å². The van der Waals surface area contributed by atoms with E-state index >= 15 is 0 Å². The number of fused-ring (bicyclic) bond motifs is 4. The van der Waals surface area contributed by atoms with Gasteiger partial charge in [-0.3, -0.25) is 0 Å². The minimum absolute atomic E-state index is 0.583. The van der Waals surface area contributed by atoms with Gasteiger partial charge in [-0.25, -0.2) is 0 Å². The van der Waals surface area contributed by atoms with Crippen LogP contribution >= 0.6 is 11.6 Å². The molecule has 0 bridgehead atoms. The first-order valence-electron chi connectivity index (χ1n) is 14.4. The summed E-state index contributed by atoms with van der Waals surface area (Å²) in [5.41, 5.74) is 9.31. The number of hydrogen-bond donors (Lipinski definition) is 0. The Morgan fingerprint density at radius 1 is 0.442 bits per heavy atom. The summed E-state index contributed by atoms with van der Waals surface area (Å²) in [5, 5.41) is 4.94. The monoisotopic (exact) mass is 571 g/mol. The molecule has 0 aliphatic heterocycles. The number of furan rings is 1. The Morgan fingerprint density at radius 2 is 1.05 bits per heavy atom. The van der Waals surface area contributed by atoms with Gasteiger partial charge in [-0.1, -0.05) is 121 Å². The molecule has 8 aromatic rings. The molecule has 8 rings (SSSR count). The summed E-state index contributed by atoms with van der Waals surface area (Å²) in [6.45, 7) is 0. The molecule has 0 radical (unpaired) electrons. The van der Waals surface area contributed by atoms with Crippen LogP contribution in [-0.2, 0) is 0 Å². The second-order valence-electron chi connectivity index (χ2n) is 10.7. The molecule has 0 aliphatic carbocycles. The van der Waals surface area contributed by atoms with Crippen LogP contribution in [-0.4, -0.2) is 0 Å². The third kappa shape index (κ3) is 4.53. The van der Waals surface area contributed by atoms with Crippen LogP contribution in [0.1, 0.15) is 0 Å². The zero-order valence-corrected chi connectivity index (χ0v) is 24.0. The largest absolute Gasteiger partial charge is 0.454 e. The van der Waals surface area contributed by atoms with Crippen molar-refractivity contribution in [3.63, 3.8) is 0 Å². The minimum Gasteiger partial charge on any atom is -0.454 e. The standard InChI is InChI=1S/C40H26ClNO/c41-38-26-33(25-37-36-23-28-14-7-8-15-29(28)24-39(36)43-40(37)38)42(31-17-5-2-6-18-31)32-19-11-16-30(22-32)35-21-10-9-20-34(35)27-12-3-1-4-13-27/h1-26H. The second kappa shape index (κ2) is 10.5. The van der Waals surface area contributed by atoms with E-state index in [9.17, 15) is 0 Å². The van der Waals surface area contributed by atoms with Crippen molar-refractivity contribution in [2.24, 2.45) is 0 Å². The molecule has 0 saturated carbocycles. The third-order valence-corrected chi connectivity index (χ3v) is 8.36. The normalized spacial score (nSPS) is 11.4. The Balaban J connectivity index is 1.32. The molecule has 0 unspecified atom stereocenters. The van der Waals surface area contributed by atoms with Crippen molar-refractivity contribution in [1.29, 1.82) is 0 Å².